The van der Waals surface area contributed by atoms with Crippen LogP contribution in [-0.4, -0.2) is 23.3 Å². The van der Waals surface area contributed by atoms with Crippen molar-refractivity contribution in [1.29, 1.82) is 0 Å². The Labute approximate surface area is 72.9 Å². The van der Waals surface area contributed by atoms with Crippen LogP contribution in [0, 0.1) is 0 Å². The van der Waals surface area contributed by atoms with Gasteiger partial charge in [0.25, 0.3) is 0 Å². The molecule has 2 rings (SSSR count). The number of hydrogen-bond donors (Lipinski definition) is 0. The van der Waals surface area contributed by atoms with Gasteiger partial charge >= 0.3 is 0 Å². The zero-order valence-electron chi connectivity index (χ0n) is 6.17. The fourth-order valence-corrected chi connectivity index (χ4v) is 1.61. The molecule has 0 aliphatic heterocycles. The number of aromatic nitrogens is 2. The van der Waals surface area contributed by atoms with Crippen molar-refractivity contribution in [2.24, 2.45) is 0 Å². The Balaban J connectivity index is 2.91. The summed E-state index contributed by atoms with van der Waals surface area (Å²) in [5.74, 6) is 0. The lowest BCUT2D eigenvalue weighted by atomic mass is 10.3. The summed E-state index contributed by atoms with van der Waals surface area (Å²) < 4.78 is 36.3. The lowest BCUT2D eigenvalue weighted by Crippen LogP contribution is -1.99. The summed E-state index contributed by atoms with van der Waals surface area (Å²) in [5, 5.41) is 6.72. The second kappa shape index (κ2) is 2.51. The molecule has 0 spiro atoms. The van der Waals surface area contributed by atoms with Gasteiger partial charge in [0.2, 0.25) is 0 Å². The van der Waals surface area contributed by atoms with Crippen LogP contribution >= 0.6 is 0 Å². The molecule has 0 saturated carbocycles. The molecule has 0 radical (unpaired) electrons. The first-order valence-electron chi connectivity index (χ1n) is 3.26. The fourth-order valence-electron chi connectivity index (χ4n) is 0.983. The molecular weight excluding hydrogens is 196 g/mol. The van der Waals surface area contributed by atoms with E-state index in [0.29, 0.717) is 0 Å². The summed E-state index contributed by atoms with van der Waals surface area (Å²) in [6.07, 6.45) is 0. The highest BCUT2D eigenvalue weighted by Crippen LogP contribution is 2.18. The van der Waals surface area contributed by atoms with Gasteiger partial charge in [0.15, 0.2) is 5.52 Å². The summed E-state index contributed by atoms with van der Waals surface area (Å²) in [6.45, 7) is 0. The van der Waals surface area contributed by atoms with Crippen molar-refractivity contribution in [2.75, 3.05) is 0 Å². The molecule has 0 aliphatic carbocycles. The van der Waals surface area contributed by atoms with Gasteiger partial charge in [-0.15, -0.1) is 0 Å². The van der Waals surface area contributed by atoms with E-state index in [9.17, 15) is 13.0 Å². The Morgan fingerprint density at radius 2 is 2.08 bits per heavy atom. The molecule has 7 heteroatoms. The van der Waals surface area contributed by atoms with Crippen LogP contribution < -0.4 is 0 Å². The lowest BCUT2D eigenvalue weighted by molar-refractivity contribution is 0.315. The van der Waals surface area contributed by atoms with E-state index in [0.717, 1.165) is 6.07 Å². The van der Waals surface area contributed by atoms with Gasteiger partial charge in [0.1, 0.15) is 15.6 Å². The monoisotopic (exact) mass is 199 g/mol. The predicted octanol–water partition coefficient (Wildman–Crippen LogP) is 0.127. The molecule has 6 nitrogen and oxygen atoms in total. The van der Waals surface area contributed by atoms with E-state index in [1.165, 1.54) is 12.1 Å². The molecule has 2 aromatic rings. The van der Waals surface area contributed by atoms with Crippen LogP contribution in [-0.2, 0) is 10.1 Å². The molecule has 0 atom stereocenters. The van der Waals surface area contributed by atoms with Gasteiger partial charge in [-0.1, -0.05) is 6.07 Å². The van der Waals surface area contributed by atoms with E-state index < -0.39 is 15.0 Å². The van der Waals surface area contributed by atoms with E-state index >= 15 is 0 Å². The van der Waals surface area contributed by atoms with E-state index in [1.54, 1.807) is 0 Å². The van der Waals surface area contributed by atoms with Crippen LogP contribution in [0.15, 0.2) is 27.7 Å². The molecule has 1 aromatic carbocycles. The van der Waals surface area contributed by atoms with E-state index in [-0.39, 0.29) is 11.0 Å². The molecule has 0 amide bonds. The average Bonchev–Trinajstić information content (AvgIpc) is 2.48. The maximum Gasteiger partial charge on any atom is 0.152 e. The number of hydrogen-bond acceptors (Lipinski definition) is 6. The van der Waals surface area contributed by atoms with Gasteiger partial charge in [-0.2, -0.15) is 0 Å². The smallest absolute Gasteiger partial charge is 0.152 e. The minimum absolute atomic E-state index is 0.0301. The first kappa shape index (κ1) is 8.14. The van der Waals surface area contributed by atoms with E-state index in [4.69, 9.17) is 0 Å². The van der Waals surface area contributed by atoms with Crippen molar-refractivity contribution in [3.63, 3.8) is 0 Å². The summed E-state index contributed by atoms with van der Waals surface area (Å²) in [6, 6.07) is 4.06. The summed E-state index contributed by atoms with van der Waals surface area (Å²) in [7, 11) is -4.51. The second-order valence-corrected chi connectivity index (χ2v) is 3.69. The number of benzene rings is 1. The quantitative estimate of drug-likeness (QED) is 0.605. The maximum absolute atomic E-state index is 10.7. The third-order valence-corrected chi connectivity index (χ3v) is 2.39. The lowest BCUT2D eigenvalue weighted by Gasteiger charge is -2.04. The highest BCUT2D eigenvalue weighted by Gasteiger charge is 2.10. The van der Waals surface area contributed by atoms with Crippen molar-refractivity contribution in [3.05, 3.63) is 18.2 Å². The van der Waals surface area contributed by atoms with Crippen LogP contribution in [0.3, 0.4) is 0 Å². The van der Waals surface area contributed by atoms with Gasteiger partial charge in [0.05, 0.1) is 4.90 Å². The van der Waals surface area contributed by atoms with Crippen molar-refractivity contribution in [2.45, 2.75) is 4.90 Å². The molecule has 0 unspecified atom stereocenters. The van der Waals surface area contributed by atoms with Crippen molar-refractivity contribution < 1.29 is 17.6 Å². The zero-order chi connectivity index (χ0) is 9.47. The zero-order valence-corrected chi connectivity index (χ0v) is 6.98. The summed E-state index contributed by atoms with van der Waals surface area (Å²) in [5.41, 5.74) is 0.217. The van der Waals surface area contributed by atoms with Gasteiger partial charge < -0.3 is 4.55 Å². The Bertz CT molecular complexity index is 545. The molecule has 0 N–H and O–H groups in total. The average molecular weight is 199 g/mol. The van der Waals surface area contributed by atoms with Crippen molar-refractivity contribution in [1.82, 2.24) is 10.3 Å². The minimum atomic E-state index is -4.51. The van der Waals surface area contributed by atoms with Gasteiger partial charge in [-0.25, -0.2) is 13.0 Å². The van der Waals surface area contributed by atoms with Crippen LogP contribution in [0.2, 0.25) is 0 Å². The molecule has 1 heterocycles. The summed E-state index contributed by atoms with van der Waals surface area (Å²) >= 11 is 0. The number of nitrogens with zero attached hydrogens (tertiary/aromatic N) is 2. The highest BCUT2D eigenvalue weighted by molar-refractivity contribution is 7.86. The Morgan fingerprint density at radius 1 is 1.31 bits per heavy atom. The van der Waals surface area contributed by atoms with Crippen molar-refractivity contribution in [3.8, 4) is 0 Å². The van der Waals surface area contributed by atoms with E-state index in [1.807, 2.05) is 0 Å². The number of fused-ring (bicyclic) bond motifs is 1. The fraction of sp³-hybridized carbons (Fsp3) is 0. The normalized spacial score (nSPS) is 12.1. The summed E-state index contributed by atoms with van der Waals surface area (Å²) in [4.78, 5) is -0.411. The highest BCUT2D eigenvalue weighted by atomic mass is 32.2. The van der Waals surface area contributed by atoms with Crippen molar-refractivity contribution >= 4 is 21.2 Å². The van der Waals surface area contributed by atoms with Crippen LogP contribution in [0.4, 0.5) is 0 Å². The third kappa shape index (κ3) is 1.27. The Morgan fingerprint density at radius 3 is 2.77 bits per heavy atom. The predicted molar refractivity (Wildman–Crippen MR) is 39.8 cm³/mol. The van der Waals surface area contributed by atoms with Crippen LogP contribution in [0.25, 0.3) is 11.0 Å². The van der Waals surface area contributed by atoms with Gasteiger partial charge in [-0.3, -0.25) is 0 Å². The Hall–Kier alpha value is -1.47. The second-order valence-electron chi connectivity index (χ2n) is 2.34. The molecule has 0 bridgehead atoms. The molecule has 13 heavy (non-hydrogen) atoms. The molecule has 1 aromatic heterocycles. The first-order valence-corrected chi connectivity index (χ1v) is 4.67. The van der Waals surface area contributed by atoms with Crippen LogP contribution in [0.1, 0.15) is 0 Å². The van der Waals surface area contributed by atoms with Gasteiger partial charge in [0, 0.05) is 0 Å². The topological polar surface area (TPSA) is 96.1 Å². The molecule has 0 fully saturated rings. The first-order chi connectivity index (χ1) is 6.09. The van der Waals surface area contributed by atoms with Gasteiger partial charge in [-0.05, 0) is 22.4 Å². The molecule has 68 valence electrons. The maximum atomic E-state index is 10.7. The SMILES string of the molecule is O=S(=O)([O-])c1cccc2nonc12. The molecule has 0 aliphatic rings. The molecule has 0 saturated heterocycles. The van der Waals surface area contributed by atoms with Crippen LogP contribution in [0.5, 0.6) is 0 Å². The number of rotatable bonds is 1. The standard InChI is InChI=1S/C6H4N2O4S/c9-13(10,11)5-3-1-2-4-6(5)8-12-7-4/h1-3H,(H,9,10,11)/p-1. The third-order valence-electron chi connectivity index (χ3n) is 1.52. The largest absolute Gasteiger partial charge is 0.744 e. The minimum Gasteiger partial charge on any atom is -0.744 e. The molecular formula is C6H3N2O4S-. The Kier molecular flexibility index (Phi) is 1.57. The van der Waals surface area contributed by atoms with E-state index in [2.05, 4.69) is 14.9 Å².